The van der Waals surface area contributed by atoms with Crippen LogP contribution in [0.4, 0.5) is 0 Å². The number of carbonyl (C=O) groups is 1. The zero-order valence-electron chi connectivity index (χ0n) is 13.9. The van der Waals surface area contributed by atoms with Crippen LogP contribution in [0, 0.1) is 0 Å². The van der Waals surface area contributed by atoms with E-state index in [4.69, 9.17) is 5.11 Å². The summed E-state index contributed by atoms with van der Waals surface area (Å²) < 4.78 is 0. The van der Waals surface area contributed by atoms with E-state index in [-0.39, 0.29) is 5.05 Å². The summed E-state index contributed by atoms with van der Waals surface area (Å²) in [7, 11) is 0. The van der Waals surface area contributed by atoms with Crippen molar-refractivity contribution in [1.82, 2.24) is 0 Å². The minimum atomic E-state index is 0.163. The molecule has 0 aromatic rings. The van der Waals surface area contributed by atoms with Crippen molar-refractivity contribution in [3.8, 4) is 0 Å². The first-order valence-electron chi connectivity index (χ1n) is 8.84. The van der Waals surface area contributed by atoms with Gasteiger partial charge in [0.2, 0.25) is 0 Å². The van der Waals surface area contributed by atoms with E-state index < -0.39 is 0 Å². The van der Waals surface area contributed by atoms with Crippen molar-refractivity contribution in [2.45, 2.75) is 103 Å². The topological polar surface area (TPSA) is 37.3 Å². The molecule has 0 fully saturated rings. The molecule has 0 atom stereocenters. The number of ketones is 1. The molecule has 124 valence electrons. The average molecular weight is 315 g/mol. The maximum Gasteiger partial charge on any atom is 0.156 e. The van der Waals surface area contributed by atoms with Crippen LogP contribution in [0.25, 0.3) is 0 Å². The summed E-state index contributed by atoms with van der Waals surface area (Å²) in [6, 6.07) is 0. The number of hydrogen-bond acceptors (Lipinski definition) is 2. The van der Waals surface area contributed by atoms with Crippen molar-refractivity contribution >= 4 is 23.1 Å². The molecule has 0 bridgehead atoms. The second-order valence-corrected chi connectivity index (χ2v) is 6.66. The number of unbranched alkanes of at least 4 members (excludes halogenated alkanes) is 12. The number of rotatable bonds is 16. The zero-order valence-corrected chi connectivity index (χ0v) is 14.7. The van der Waals surface area contributed by atoms with Crippen LogP contribution < -0.4 is 0 Å². The van der Waals surface area contributed by atoms with Crippen LogP contribution in [0.3, 0.4) is 0 Å². The van der Waals surface area contributed by atoms with Gasteiger partial charge < -0.3 is 9.90 Å². The maximum absolute atomic E-state index is 10.8. The van der Waals surface area contributed by atoms with Gasteiger partial charge in [-0.2, -0.15) is 0 Å². The number of Topliss-reactive ketones (excluding diaryl/α,β-unsaturated/α-hetero) is 1. The Morgan fingerprint density at radius 1 is 0.667 bits per heavy atom. The lowest BCUT2D eigenvalue weighted by atomic mass is 10.0. The molecule has 0 saturated carbocycles. The summed E-state index contributed by atoms with van der Waals surface area (Å²) in [6.07, 6.45) is 18.0. The summed E-state index contributed by atoms with van der Waals surface area (Å²) >= 11 is 4.64. The standard InChI is InChI=1S/C18H34O2S/c1-17(19)15-13-11-9-7-5-3-2-4-6-8-10-12-14-16-18(20)21/h2-16H2,1H3,(H,20,21). The van der Waals surface area contributed by atoms with Crippen LogP contribution in [0.1, 0.15) is 103 Å². The zero-order chi connectivity index (χ0) is 15.8. The van der Waals surface area contributed by atoms with Gasteiger partial charge in [0, 0.05) is 12.8 Å². The number of thiocarbonyl (C=S) groups is 1. The Morgan fingerprint density at radius 2 is 0.952 bits per heavy atom. The van der Waals surface area contributed by atoms with E-state index in [2.05, 4.69) is 12.2 Å². The van der Waals surface area contributed by atoms with E-state index >= 15 is 0 Å². The third kappa shape index (κ3) is 19.6. The molecule has 0 rings (SSSR count). The molecule has 0 heterocycles. The van der Waals surface area contributed by atoms with Gasteiger partial charge in [-0.3, -0.25) is 0 Å². The maximum atomic E-state index is 10.8. The van der Waals surface area contributed by atoms with Crippen LogP contribution in [0.2, 0.25) is 0 Å². The highest BCUT2D eigenvalue weighted by Crippen LogP contribution is 2.13. The Hall–Kier alpha value is -0.440. The quantitative estimate of drug-likeness (QED) is 0.268. The van der Waals surface area contributed by atoms with Crippen LogP contribution in [0.5, 0.6) is 0 Å². The van der Waals surface area contributed by atoms with Gasteiger partial charge in [-0.25, -0.2) is 0 Å². The van der Waals surface area contributed by atoms with E-state index in [9.17, 15) is 4.79 Å². The summed E-state index contributed by atoms with van der Waals surface area (Å²) in [5.41, 5.74) is 0. The molecule has 0 aliphatic rings. The first-order valence-corrected chi connectivity index (χ1v) is 9.25. The predicted molar refractivity (Wildman–Crippen MR) is 95.2 cm³/mol. The van der Waals surface area contributed by atoms with Crippen LogP contribution >= 0.6 is 12.2 Å². The fourth-order valence-corrected chi connectivity index (χ4v) is 2.74. The second-order valence-electron chi connectivity index (χ2n) is 6.19. The molecule has 1 N–H and O–H groups in total. The van der Waals surface area contributed by atoms with Crippen molar-refractivity contribution in [2.24, 2.45) is 0 Å². The first-order chi connectivity index (χ1) is 10.1. The largest absolute Gasteiger partial charge is 0.502 e. The van der Waals surface area contributed by atoms with Crippen molar-refractivity contribution < 1.29 is 9.90 Å². The molecule has 0 spiro atoms. The number of carbonyl (C=O) groups excluding carboxylic acids is 1. The smallest absolute Gasteiger partial charge is 0.156 e. The van der Waals surface area contributed by atoms with E-state index in [1.54, 1.807) is 6.92 Å². The minimum absolute atomic E-state index is 0.163. The highest BCUT2D eigenvalue weighted by molar-refractivity contribution is 7.80. The molecular weight excluding hydrogens is 280 g/mol. The van der Waals surface area contributed by atoms with Crippen molar-refractivity contribution in [3.63, 3.8) is 0 Å². The minimum Gasteiger partial charge on any atom is -0.502 e. The predicted octanol–water partition coefficient (Wildman–Crippen LogP) is 6.31. The molecule has 0 amide bonds. The van der Waals surface area contributed by atoms with Crippen molar-refractivity contribution in [1.29, 1.82) is 0 Å². The third-order valence-electron chi connectivity index (χ3n) is 3.92. The fourth-order valence-electron chi connectivity index (χ4n) is 2.59. The van der Waals surface area contributed by atoms with E-state index in [0.29, 0.717) is 12.2 Å². The van der Waals surface area contributed by atoms with Gasteiger partial charge in [-0.05, 0) is 32.0 Å². The lowest BCUT2D eigenvalue weighted by molar-refractivity contribution is -0.117. The highest BCUT2D eigenvalue weighted by atomic mass is 32.1. The monoisotopic (exact) mass is 314 g/mol. The molecule has 21 heavy (non-hydrogen) atoms. The van der Waals surface area contributed by atoms with E-state index in [1.165, 1.54) is 70.6 Å². The lowest BCUT2D eigenvalue weighted by Gasteiger charge is -2.03. The SMILES string of the molecule is CC(=O)CCCCCCCCCCCCCCCC(O)=S. The van der Waals surface area contributed by atoms with Gasteiger partial charge in [0.1, 0.15) is 5.78 Å². The summed E-state index contributed by atoms with van der Waals surface area (Å²) in [6.45, 7) is 1.68. The van der Waals surface area contributed by atoms with E-state index in [0.717, 1.165) is 19.3 Å². The van der Waals surface area contributed by atoms with Gasteiger partial charge in [0.05, 0.1) is 0 Å². The van der Waals surface area contributed by atoms with Gasteiger partial charge in [0.25, 0.3) is 0 Å². The molecule has 3 heteroatoms. The van der Waals surface area contributed by atoms with Crippen molar-refractivity contribution in [2.75, 3.05) is 0 Å². The van der Waals surface area contributed by atoms with Crippen LogP contribution in [0.15, 0.2) is 0 Å². The van der Waals surface area contributed by atoms with Gasteiger partial charge in [0.15, 0.2) is 5.05 Å². The third-order valence-corrected chi connectivity index (χ3v) is 4.12. The Morgan fingerprint density at radius 3 is 1.24 bits per heavy atom. The molecule has 0 aliphatic heterocycles. The molecular formula is C18H34O2S. The van der Waals surface area contributed by atoms with Crippen LogP contribution in [-0.4, -0.2) is 15.9 Å². The summed E-state index contributed by atoms with van der Waals surface area (Å²) in [4.78, 5) is 10.8. The Labute approximate surface area is 136 Å². The molecule has 2 nitrogen and oxygen atoms in total. The molecule has 0 aliphatic carbocycles. The molecule has 0 radical (unpaired) electrons. The molecule has 0 aromatic carbocycles. The summed E-state index contributed by atoms with van der Waals surface area (Å²) in [5.74, 6) is 0.328. The Kier molecular flexibility index (Phi) is 15.6. The Balaban J connectivity index is 2.99. The average Bonchev–Trinajstić information content (AvgIpc) is 2.42. The fraction of sp³-hybridized carbons (Fsp3) is 0.889. The van der Waals surface area contributed by atoms with Gasteiger partial charge in [-0.1, -0.05) is 70.6 Å². The first kappa shape index (κ1) is 20.6. The molecule has 0 unspecified atom stereocenters. The second kappa shape index (κ2) is 15.9. The van der Waals surface area contributed by atoms with Gasteiger partial charge in [-0.15, -0.1) is 0 Å². The molecule has 0 aromatic heterocycles. The Bertz CT molecular complexity index is 238. The lowest BCUT2D eigenvalue weighted by Crippen LogP contribution is -1.90. The highest BCUT2D eigenvalue weighted by Gasteiger charge is 1.96. The normalized spacial score (nSPS) is 10.7. The number of aliphatic hydroxyl groups is 1. The molecule has 0 saturated heterocycles. The van der Waals surface area contributed by atoms with Crippen molar-refractivity contribution in [3.05, 3.63) is 0 Å². The van der Waals surface area contributed by atoms with Crippen LogP contribution in [-0.2, 0) is 4.79 Å². The van der Waals surface area contributed by atoms with E-state index in [1.807, 2.05) is 0 Å². The summed E-state index contributed by atoms with van der Waals surface area (Å²) in [5, 5.41) is 9.05. The number of hydrogen-bond donors (Lipinski definition) is 1. The number of aliphatic hydroxyl groups excluding tert-OH is 1. The van der Waals surface area contributed by atoms with Gasteiger partial charge >= 0.3 is 0 Å².